The number of thiophene rings is 1. The van der Waals surface area contributed by atoms with E-state index in [9.17, 15) is 0 Å². The van der Waals surface area contributed by atoms with Crippen molar-refractivity contribution in [2.75, 3.05) is 20.2 Å². The highest BCUT2D eigenvalue weighted by atomic mass is 32.1. The molecule has 3 unspecified atom stereocenters. The number of methoxy groups -OCH3 is 1. The fourth-order valence-corrected chi connectivity index (χ4v) is 3.18. The van der Waals surface area contributed by atoms with Crippen molar-refractivity contribution in [2.45, 2.75) is 31.5 Å². The van der Waals surface area contributed by atoms with Gasteiger partial charge in [0.25, 0.3) is 0 Å². The van der Waals surface area contributed by atoms with E-state index >= 15 is 0 Å². The van der Waals surface area contributed by atoms with Crippen molar-refractivity contribution in [2.24, 2.45) is 5.73 Å². The van der Waals surface area contributed by atoms with Gasteiger partial charge in [0.2, 0.25) is 0 Å². The highest BCUT2D eigenvalue weighted by Gasteiger charge is 2.31. The van der Waals surface area contributed by atoms with Crippen LogP contribution in [-0.4, -0.2) is 37.2 Å². The molecule has 3 atom stereocenters. The van der Waals surface area contributed by atoms with Crippen molar-refractivity contribution in [3.63, 3.8) is 0 Å². The Morgan fingerprint density at radius 2 is 2.44 bits per heavy atom. The van der Waals surface area contributed by atoms with E-state index in [0.717, 1.165) is 19.5 Å². The Labute approximate surface area is 101 Å². The Balaban J connectivity index is 2.09. The lowest BCUT2D eigenvalue weighted by atomic mass is 10.0. The fraction of sp³-hybridized carbons (Fsp3) is 0.667. The topological polar surface area (TPSA) is 38.5 Å². The molecule has 2 heterocycles. The minimum absolute atomic E-state index is 0.158. The molecule has 3 nitrogen and oxygen atoms in total. The summed E-state index contributed by atoms with van der Waals surface area (Å²) in [5, 5.41) is 4.32. The molecule has 1 aromatic rings. The first-order valence-electron chi connectivity index (χ1n) is 5.77. The van der Waals surface area contributed by atoms with E-state index in [1.807, 2.05) is 0 Å². The summed E-state index contributed by atoms with van der Waals surface area (Å²) in [6, 6.07) is 2.68. The van der Waals surface area contributed by atoms with E-state index in [-0.39, 0.29) is 6.04 Å². The standard InChI is InChI=1S/C12H20N2OS/c1-9(13)12(10-4-6-16-8-10)14-5-3-11(7-14)15-2/h4,6,8-9,11-12H,3,5,7,13H2,1-2H3. The Bertz CT molecular complexity index is 313. The summed E-state index contributed by atoms with van der Waals surface area (Å²) in [5.74, 6) is 0. The van der Waals surface area contributed by atoms with E-state index in [1.54, 1.807) is 18.4 Å². The van der Waals surface area contributed by atoms with Crippen LogP contribution in [0.15, 0.2) is 16.8 Å². The van der Waals surface area contributed by atoms with Crippen LogP contribution >= 0.6 is 11.3 Å². The highest BCUT2D eigenvalue weighted by Crippen LogP contribution is 2.29. The average molecular weight is 240 g/mol. The zero-order valence-corrected chi connectivity index (χ0v) is 10.7. The molecule has 1 aliphatic rings. The van der Waals surface area contributed by atoms with Gasteiger partial charge in [0, 0.05) is 26.2 Å². The molecule has 90 valence electrons. The molecule has 0 aliphatic carbocycles. The van der Waals surface area contributed by atoms with Gasteiger partial charge in [-0.3, -0.25) is 4.90 Å². The van der Waals surface area contributed by atoms with E-state index in [1.165, 1.54) is 5.56 Å². The van der Waals surface area contributed by atoms with Crippen LogP contribution in [0.25, 0.3) is 0 Å². The van der Waals surface area contributed by atoms with Crippen LogP contribution in [0, 0.1) is 0 Å². The summed E-state index contributed by atoms with van der Waals surface area (Å²) < 4.78 is 5.41. The summed E-state index contributed by atoms with van der Waals surface area (Å²) in [7, 11) is 1.79. The van der Waals surface area contributed by atoms with Crippen molar-refractivity contribution in [1.82, 2.24) is 4.90 Å². The van der Waals surface area contributed by atoms with Gasteiger partial charge in [-0.2, -0.15) is 11.3 Å². The first-order chi connectivity index (χ1) is 7.72. The molecule has 16 heavy (non-hydrogen) atoms. The maximum absolute atomic E-state index is 6.12. The van der Waals surface area contributed by atoms with Crippen LogP contribution in [-0.2, 0) is 4.74 Å². The predicted octanol–water partition coefficient (Wildman–Crippen LogP) is 1.86. The maximum Gasteiger partial charge on any atom is 0.0710 e. The Morgan fingerprint density at radius 1 is 1.62 bits per heavy atom. The predicted molar refractivity (Wildman–Crippen MR) is 67.7 cm³/mol. The van der Waals surface area contributed by atoms with E-state index in [0.29, 0.717) is 12.1 Å². The molecule has 0 bridgehead atoms. The summed E-state index contributed by atoms with van der Waals surface area (Å²) in [6.45, 7) is 4.17. The van der Waals surface area contributed by atoms with Crippen LogP contribution < -0.4 is 5.73 Å². The van der Waals surface area contributed by atoms with Gasteiger partial charge in [-0.15, -0.1) is 0 Å². The minimum Gasteiger partial charge on any atom is -0.380 e. The molecule has 4 heteroatoms. The molecule has 0 radical (unpaired) electrons. The van der Waals surface area contributed by atoms with Crippen LogP contribution in [0.5, 0.6) is 0 Å². The molecule has 0 amide bonds. The average Bonchev–Trinajstić information content (AvgIpc) is 2.88. The van der Waals surface area contributed by atoms with E-state index in [4.69, 9.17) is 10.5 Å². The van der Waals surface area contributed by atoms with Gasteiger partial charge in [-0.25, -0.2) is 0 Å². The number of nitrogens with zero attached hydrogens (tertiary/aromatic N) is 1. The van der Waals surface area contributed by atoms with Crippen LogP contribution in [0.1, 0.15) is 24.9 Å². The van der Waals surface area contributed by atoms with Crippen LogP contribution in [0.2, 0.25) is 0 Å². The SMILES string of the molecule is COC1CCN(C(c2ccsc2)C(C)N)C1. The molecule has 0 saturated carbocycles. The Kier molecular flexibility index (Phi) is 3.97. The van der Waals surface area contributed by atoms with E-state index in [2.05, 4.69) is 28.7 Å². The Hall–Kier alpha value is -0.420. The monoisotopic (exact) mass is 240 g/mol. The fourth-order valence-electron chi connectivity index (χ4n) is 2.49. The van der Waals surface area contributed by atoms with Crippen LogP contribution in [0.4, 0.5) is 0 Å². The molecular formula is C12H20N2OS. The lowest BCUT2D eigenvalue weighted by Gasteiger charge is -2.30. The molecule has 1 aromatic heterocycles. The number of ether oxygens (including phenoxy) is 1. The van der Waals surface area contributed by atoms with Gasteiger partial charge in [0.15, 0.2) is 0 Å². The van der Waals surface area contributed by atoms with Gasteiger partial charge in [-0.05, 0) is 35.7 Å². The highest BCUT2D eigenvalue weighted by molar-refractivity contribution is 7.07. The third kappa shape index (κ3) is 2.46. The first kappa shape index (κ1) is 12.0. The van der Waals surface area contributed by atoms with Gasteiger partial charge in [-0.1, -0.05) is 0 Å². The summed E-state index contributed by atoms with van der Waals surface area (Å²) in [6.07, 6.45) is 1.49. The quantitative estimate of drug-likeness (QED) is 0.873. The lowest BCUT2D eigenvalue weighted by molar-refractivity contribution is 0.0982. The molecule has 1 fully saturated rings. The maximum atomic E-state index is 6.12. The second kappa shape index (κ2) is 5.27. The van der Waals surface area contributed by atoms with Crippen molar-refractivity contribution in [1.29, 1.82) is 0 Å². The van der Waals surface area contributed by atoms with Crippen molar-refractivity contribution in [3.05, 3.63) is 22.4 Å². The molecule has 2 N–H and O–H groups in total. The number of likely N-dealkylation sites (tertiary alicyclic amines) is 1. The number of hydrogen-bond acceptors (Lipinski definition) is 4. The zero-order valence-electron chi connectivity index (χ0n) is 9.93. The van der Waals surface area contributed by atoms with Gasteiger partial charge < -0.3 is 10.5 Å². The molecule has 0 aromatic carbocycles. The molecular weight excluding hydrogens is 220 g/mol. The molecule has 2 rings (SSSR count). The van der Waals surface area contributed by atoms with Crippen molar-refractivity contribution < 1.29 is 4.74 Å². The normalized spacial score (nSPS) is 25.8. The van der Waals surface area contributed by atoms with E-state index < -0.39 is 0 Å². The number of rotatable bonds is 4. The smallest absolute Gasteiger partial charge is 0.0710 e. The van der Waals surface area contributed by atoms with Crippen LogP contribution in [0.3, 0.4) is 0 Å². The minimum atomic E-state index is 0.158. The Morgan fingerprint density at radius 3 is 2.94 bits per heavy atom. The third-order valence-electron chi connectivity index (χ3n) is 3.29. The van der Waals surface area contributed by atoms with Gasteiger partial charge in [0.1, 0.15) is 0 Å². The molecule has 1 aliphatic heterocycles. The second-order valence-corrected chi connectivity index (χ2v) is 5.28. The molecule has 0 spiro atoms. The zero-order chi connectivity index (χ0) is 11.5. The van der Waals surface area contributed by atoms with Gasteiger partial charge >= 0.3 is 0 Å². The number of hydrogen-bond donors (Lipinski definition) is 1. The summed E-state index contributed by atoms with van der Waals surface area (Å²) >= 11 is 1.74. The second-order valence-electron chi connectivity index (χ2n) is 4.50. The number of nitrogens with two attached hydrogens (primary N) is 1. The largest absolute Gasteiger partial charge is 0.380 e. The third-order valence-corrected chi connectivity index (χ3v) is 3.99. The first-order valence-corrected chi connectivity index (χ1v) is 6.71. The lowest BCUT2D eigenvalue weighted by Crippen LogP contribution is -2.38. The summed E-state index contributed by atoms with van der Waals surface area (Å²) in [5.41, 5.74) is 7.46. The van der Waals surface area contributed by atoms with Crippen molar-refractivity contribution >= 4 is 11.3 Å². The van der Waals surface area contributed by atoms with Crippen molar-refractivity contribution in [3.8, 4) is 0 Å². The summed E-state index contributed by atoms with van der Waals surface area (Å²) in [4.78, 5) is 2.45. The van der Waals surface area contributed by atoms with Gasteiger partial charge in [0.05, 0.1) is 12.1 Å². The molecule has 1 saturated heterocycles.